The third-order valence-electron chi connectivity index (χ3n) is 8.27. The van der Waals surface area contributed by atoms with Crippen LogP contribution in [0.4, 0.5) is 38.9 Å². The number of hydrogen-bond acceptors (Lipinski definition) is 10. The highest BCUT2D eigenvalue weighted by atomic mass is 79.9. The number of ether oxygens (including phenoxy) is 1. The Hall–Kier alpha value is -2.91. The number of halogens is 3. The van der Waals surface area contributed by atoms with Gasteiger partial charge in [0.05, 0.1) is 45.6 Å². The van der Waals surface area contributed by atoms with Crippen LogP contribution in [0.15, 0.2) is 41.0 Å². The van der Waals surface area contributed by atoms with Crippen LogP contribution in [0.5, 0.6) is 5.75 Å². The van der Waals surface area contributed by atoms with E-state index in [1.54, 1.807) is 19.4 Å². The van der Waals surface area contributed by atoms with E-state index in [1.807, 2.05) is 6.07 Å². The van der Waals surface area contributed by atoms with Crippen molar-refractivity contribution in [2.24, 2.45) is 0 Å². The van der Waals surface area contributed by atoms with Crippen molar-refractivity contribution >= 4 is 72.1 Å². The Morgan fingerprint density at radius 3 is 2.51 bits per heavy atom. The average Bonchev–Trinajstić information content (AvgIpc) is 2.99. The van der Waals surface area contributed by atoms with E-state index in [2.05, 4.69) is 70.0 Å². The minimum Gasteiger partial charge on any atom is -0.494 e. The number of piperidine rings is 2. The van der Waals surface area contributed by atoms with Crippen molar-refractivity contribution < 1.29 is 17.5 Å². The van der Waals surface area contributed by atoms with Crippen LogP contribution in [0.25, 0.3) is 0 Å². The number of likely N-dealkylation sites (tertiary alicyclic amines) is 1. The fourth-order valence-electron chi connectivity index (χ4n) is 5.93. The van der Waals surface area contributed by atoms with Gasteiger partial charge in [-0.1, -0.05) is 11.6 Å². The number of methoxy groups -OCH3 is 1. The van der Waals surface area contributed by atoms with E-state index >= 15 is 0 Å². The predicted molar refractivity (Wildman–Crippen MR) is 183 cm³/mol. The van der Waals surface area contributed by atoms with Gasteiger partial charge in [0.25, 0.3) is 0 Å². The minimum absolute atomic E-state index is 0.0410. The van der Waals surface area contributed by atoms with Crippen molar-refractivity contribution in [2.45, 2.75) is 37.8 Å². The van der Waals surface area contributed by atoms with Crippen molar-refractivity contribution in [1.29, 1.82) is 0 Å². The normalized spacial score (nSPS) is 18.2. The Morgan fingerprint density at radius 1 is 1.07 bits per heavy atom. The van der Waals surface area contributed by atoms with Gasteiger partial charge in [-0.05, 0) is 80.5 Å². The molecular weight excluding hydrogens is 687 g/mol. The summed E-state index contributed by atoms with van der Waals surface area (Å²) in [6.45, 7) is 4.12. The Bertz CT molecular complexity index is 1620. The van der Waals surface area contributed by atoms with Crippen molar-refractivity contribution in [1.82, 2.24) is 19.8 Å². The summed E-state index contributed by atoms with van der Waals surface area (Å²) >= 11 is 10.3. The third-order valence-corrected chi connectivity index (χ3v) is 9.74. The highest BCUT2D eigenvalue weighted by Gasteiger charge is 2.30. The molecule has 3 aromatic rings. The summed E-state index contributed by atoms with van der Waals surface area (Å²) in [5.41, 5.74) is 1.85. The summed E-state index contributed by atoms with van der Waals surface area (Å²) in [4.78, 5) is 16.2. The second-order valence-electron chi connectivity index (χ2n) is 11.7. The molecule has 1 atom stereocenters. The molecule has 0 amide bonds. The Labute approximate surface area is 277 Å². The maximum absolute atomic E-state index is 13.9. The molecular formula is C30H39BrClFN8O3S. The van der Waals surface area contributed by atoms with Crippen LogP contribution in [0.2, 0.25) is 5.02 Å². The lowest BCUT2D eigenvalue weighted by molar-refractivity contribution is 0.0846. The van der Waals surface area contributed by atoms with Crippen molar-refractivity contribution in [3.8, 4) is 5.75 Å². The number of nitrogens with one attached hydrogen (secondary N) is 3. The first kappa shape index (κ1) is 33.5. The van der Waals surface area contributed by atoms with Crippen LogP contribution in [-0.4, -0.2) is 93.9 Å². The number of sulfonamides is 1. The molecule has 15 heteroatoms. The predicted octanol–water partition coefficient (Wildman–Crippen LogP) is 5.89. The number of benzene rings is 2. The second-order valence-corrected chi connectivity index (χ2v) is 14.7. The van der Waals surface area contributed by atoms with Crippen LogP contribution in [0.1, 0.15) is 25.7 Å². The number of likely N-dealkylation sites (N-methyl/N-ethyl adjacent to an activating group) is 1. The molecule has 2 aromatic carbocycles. The molecule has 2 fully saturated rings. The summed E-state index contributed by atoms with van der Waals surface area (Å²) in [7, 11) is 2.30. The topological polar surface area (TPSA) is 115 Å². The molecule has 0 aliphatic carbocycles. The van der Waals surface area contributed by atoms with Crippen molar-refractivity contribution in [3.63, 3.8) is 0 Å². The molecule has 3 heterocycles. The molecule has 11 nitrogen and oxygen atoms in total. The Balaban J connectivity index is 1.29. The van der Waals surface area contributed by atoms with Gasteiger partial charge < -0.3 is 25.2 Å². The van der Waals surface area contributed by atoms with E-state index in [4.69, 9.17) is 16.3 Å². The first-order valence-electron chi connectivity index (χ1n) is 14.8. The number of aromatic nitrogens is 2. The van der Waals surface area contributed by atoms with Crippen molar-refractivity contribution in [2.75, 3.05) is 73.9 Å². The number of hydrogen-bond donors (Lipinski definition) is 3. The monoisotopic (exact) mass is 724 g/mol. The molecule has 0 bridgehead atoms. The van der Waals surface area contributed by atoms with Gasteiger partial charge in [0.15, 0.2) is 0 Å². The lowest BCUT2D eigenvalue weighted by Gasteiger charge is -2.44. The lowest BCUT2D eigenvalue weighted by Crippen LogP contribution is -2.52. The molecule has 0 spiro atoms. The molecule has 45 heavy (non-hydrogen) atoms. The van der Waals surface area contributed by atoms with E-state index in [0.29, 0.717) is 44.5 Å². The Kier molecular flexibility index (Phi) is 10.6. The Morgan fingerprint density at radius 2 is 1.82 bits per heavy atom. The molecule has 0 saturated carbocycles. The maximum atomic E-state index is 13.9. The zero-order chi connectivity index (χ0) is 32.3. The smallest absolute Gasteiger partial charge is 0.229 e. The molecule has 0 radical (unpaired) electrons. The van der Waals surface area contributed by atoms with Crippen LogP contribution in [0.3, 0.4) is 0 Å². The third kappa shape index (κ3) is 8.47. The maximum Gasteiger partial charge on any atom is 0.229 e. The quantitative estimate of drug-likeness (QED) is 0.234. The molecule has 2 aliphatic rings. The van der Waals surface area contributed by atoms with E-state index in [1.165, 1.54) is 31.5 Å². The molecule has 1 unspecified atom stereocenters. The zero-order valence-corrected chi connectivity index (χ0v) is 28.9. The lowest BCUT2D eigenvalue weighted by atomic mass is 9.97. The fourth-order valence-corrected chi connectivity index (χ4v) is 7.07. The highest BCUT2D eigenvalue weighted by molar-refractivity contribution is 9.10. The first-order chi connectivity index (χ1) is 21.4. The SMILES string of the molecule is COc1cc(N2CCC(N3CCCC(N(C)C)C3)CC2)c(Cl)cc1Nc1ncc(Br)c(Nc2ccc(F)cc2NS(C)(=O)=O)n1. The van der Waals surface area contributed by atoms with Crippen LogP contribution < -0.4 is 25.0 Å². The van der Waals surface area contributed by atoms with E-state index in [0.717, 1.165) is 50.5 Å². The van der Waals surface area contributed by atoms with Gasteiger partial charge in [0.1, 0.15) is 17.4 Å². The summed E-state index contributed by atoms with van der Waals surface area (Å²) < 4.78 is 46.1. The molecule has 2 saturated heterocycles. The summed E-state index contributed by atoms with van der Waals surface area (Å²) in [6.07, 6.45) is 7.20. The van der Waals surface area contributed by atoms with Gasteiger partial charge in [0.2, 0.25) is 16.0 Å². The number of rotatable bonds is 10. The van der Waals surface area contributed by atoms with Crippen LogP contribution in [0, 0.1) is 5.82 Å². The van der Waals surface area contributed by atoms with Crippen molar-refractivity contribution in [3.05, 3.63) is 51.8 Å². The minimum atomic E-state index is -3.65. The zero-order valence-electron chi connectivity index (χ0n) is 25.8. The van der Waals surface area contributed by atoms with Gasteiger partial charge >= 0.3 is 0 Å². The average molecular weight is 726 g/mol. The van der Waals surface area contributed by atoms with E-state index < -0.39 is 15.8 Å². The second kappa shape index (κ2) is 14.2. The van der Waals surface area contributed by atoms with E-state index in [-0.39, 0.29) is 11.6 Å². The number of nitrogens with zero attached hydrogens (tertiary/aromatic N) is 5. The number of anilines is 6. The van der Waals surface area contributed by atoms with Gasteiger partial charge in [-0.2, -0.15) is 4.98 Å². The molecule has 3 N–H and O–H groups in total. The summed E-state index contributed by atoms with van der Waals surface area (Å²) in [5.74, 6) is 0.556. The van der Waals surface area contributed by atoms with Gasteiger partial charge in [-0.15, -0.1) is 0 Å². The van der Waals surface area contributed by atoms with E-state index in [9.17, 15) is 12.8 Å². The van der Waals surface area contributed by atoms with Crippen LogP contribution >= 0.6 is 27.5 Å². The van der Waals surface area contributed by atoms with Gasteiger partial charge in [0, 0.05) is 50.0 Å². The largest absolute Gasteiger partial charge is 0.494 e. The molecule has 244 valence electrons. The standard InChI is InChI=1S/C30H39BrClFN8O3S/c1-39(2)21-6-5-11-41(18-21)20-9-12-40(13-10-20)27-16-28(44-3)26(15-23(27)32)36-30-34-17-22(31)29(37-30)35-24-8-7-19(33)14-25(24)38-45(4,42)43/h7-8,14-17,20-21,38H,5-6,9-13,18H2,1-4H3,(H2,34,35,36,37). The molecule has 2 aliphatic heterocycles. The summed E-state index contributed by atoms with van der Waals surface area (Å²) in [5, 5.41) is 6.81. The summed E-state index contributed by atoms with van der Waals surface area (Å²) in [6, 6.07) is 8.67. The first-order valence-corrected chi connectivity index (χ1v) is 17.8. The van der Waals surface area contributed by atoms with Gasteiger partial charge in [-0.25, -0.2) is 17.8 Å². The highest BCUT2D eigenvalue weighted by Crippen LogP contribution is 2.39. The molecule has 1 aromatic heterocycles. The molecule has 5 rings (SSSR count). The fraction of sp³-hybridized carbons (Fsp3) is 0.467. The van der Waals surface area contributed by atoms with Crippen LogP contribution in [-0.2, 0) is 10.0 Å². The van der Waals surface area contributed by atoms with Gasteiger partial charge in [-0.3, -0.25) is 9.62 Å².